The van der Waals surface area contributed by atoms with Crippen molar-refractivity contribution >= 4 is 17.5 Å². The first-order valence-electron chi connectivity index (χ1n) is 6.50. The van der Waals surface area contributed by atoms with Gasteiger partial charge in [-0.15, -0.1) is 0 Å². The van der Waals surface area contributed by atoms with Crippen molar-refractivity contribution in [1.29, 1.82) is 0 Å². The average Bonchev–Trinajstić information content (AvgIpc) is 3.05. The van der Waals surface area contributed by atoms with E-state index < -0.39 is 5.91 Å². The van der Waals surface area contributed by atoms with Crippen LogP contribution in [0, 0.1) is 0 Å². The third-order valence-corrected chi connectivity index (χ3v) is 3.13. The number of nitrogens with zero attached hydrogens (tertiary/aromatic N) is 3. The monoisotopic (exact) mass is 314 g/mol. The summed E-state index contributed by atoms with van der Waals surface area (Å²) in [6.45, 7) is 0.345. The van der Waals surface area contributed by atoms with E-state index in [0.717, 1.165) is 5.56 Å². The SMILES string of the molecule is O=C(NCc1ccc(Cl)cc1)c1nc(-c2ccccn2)no1. The van der Waals surface area contributed by atoms with Crippen LogP contribution in [-0.2, 0) is 6.54 Å². The van der Waals surface area contributed by atoms with E-state index in [0.29, 0.717) is 17.3 Å². The van der Waals surface area contributed by atoms with Gasteiger partial charge in [-0.3, -0.25) is 9.78 Å². The van der Waals surface area contributed by atoms with Gasteiger partial charge in [-0.25, -0.2) is 0 Å². The predicted octanol–water partition coefficient (Wildman–Crippen LogP) is 2.72. The van der Waals surface area contributed by atoms with E-state index in [1.54, 1.807) is 36.5 Å². The van der Waals surface area contributed by atoms with Crippen LogP contribution in [-0.4, -0.2) is 21.0 Å². The van der Waals surface area contributed by atoms with E-state index in [4.69, 9.17) is 16.1 Å². The molecule has 0 spiro atoms. The lowest BCUT2D eigenvalue weighted by molar-refractivity contribution is 0.0907. The van der Waals surface area contributed by atoms with Crippen molar-refractivity contribution in [2.24, 2.45) is 0 Å². The number of aromatic nitrogens is 3. The molecule has 110 valence electrons. The Bertz CT molecular complexity index is 772. The number of halogens is 1. The van der Waals surface area contributed by atoms with Crippen LogP contribution in [0.4, 0.5) is 0 Å². The van der Waals surface area contributed by atoms with Crippen LogP contribution in [0.3, 0.4) is 0 Å². The van der Waals surface area contributed by atoms with E-state index in [1.165, 1.54) is 0 Å². The lowest BCUT2D eigenvalue weighted by Crippen LogP contribution is -2.23. The van der Waals surface area contributed by atoms with Gasteiger partial charge in [-0.1, -0.05) is 35.0 Å². The number of pyridine rings is 1. The molecule has 1 aromatic carbocycles. The second kappa shape index (κ2) is 6.36. The third-order valence-electron chi connectivity index (χ3n) is 2.88. The van der Waals surface area contributed by atoms with Crippen molar-refractivity contribution in [1.82, 2.24) is 20.4 Å². The van der Waals surface area contributed by atoms with E-state index in [1.807, 2.05) is 12.1 Å². The average molecular weight is 315 g/mol. The maximum absolute atomic E-state index is 12.0. The summed E-state index contributed by atoms with van der Waals surface area (Å²) in [7, 11) is 0. The van der Waals surface area contributed by atoms with Gasteiger partial charge in [-0.05, 0) is 29.8 Å². The number of amides is 1. The molecule has 2 heterocycles. The quantitative estimate of drug-likeness (QED) is 0.800. The van der Waals surface area contributed by atoms with Gasteiger partial charge >= 0.3 is 11.8 Å². The number of carbonyl (C=O) groups excluding carboxylic acids is 1. The normalized spacial score (nSPS) is 10.4. The smallest absolute Gasteiger partial charge is 0.316 e. The maximum Gasteiger partial charge on any atom is 0.316 e. The molecule has 0 bridgehead atoms. The summed E-state index contributed by atoms with van der Waals surface area (Å²) in [5.74, 6) is -0.267. The Labute approximate surface area is 131 Å². The van der Waals surface area contributed by atoms with Crippen LogP contribution in [0.15, 0.2) is 53.2 Å². The minimum Gasteiger partial charge on any atom is -0.344 e. The summed E-state index contributed by atoms with van der Waals surface area (Å²) in [4.78, 5) is 20.1. The standard InChI is InChI=1S/C15H11ClN4O2/c16-11-6-4-10(5-7-11)9-18-14(21)15-19-13(20-22-15)12-3-1-2-8-17-12/h1-8H,9H2,(H,18,21). The Morgan fingerprint density at radius 3 is 2.73 bits per heavy atom. The fourth-order valence-electron chi connectivity index (χ4n) is 1.77. The molecule has 0 radical (unpaired) electrons. The zero-order valence-corrected chi connectivity index (χ0v) is 12.1. The van der Waals surface area contributed by atoms with Gasteiger partial charge in [0.2, 0.25) is 5.82 Å². The summed E-state index contributed by atoms with van der Waals surface area (Å²) in [6.07, 6.45) is 1.62. The Kier molecular flexibility index (Phi) is 4.11. The molecule has 1 N–H and O–H groups in total. The molecule has 22 heavy (non-hydrogen) atoms. The minimum absolute atomic E-state index is 0.102. The molecule has 0 aliphatic rings. The van der Waals surface area contributed by atoms with Gasteiger partial charge in [0.05, 0.1) is 0 Å². The first-order chi connectivity index (χ1) is 10.7. The number of carbonyl (C=O) groups is 1. The van der Waals surface area contributed by atoms with E-state index in [2.05, 4.69) is 20.4 Å². The second-order valence-electron chi connectivity index (χ2n) is 4.45. The maximum atomic E-state index is 12.0. The van der Waals surface area contributed by atoms with Crippen LogP contribution in [0.5, 0.6) is 0 Å². The molecule has 3 aromatic rings. The van der Waals surface area contributed by atoms with E-state index >= 15 is 0 Å². The highest BCUT2D eigenvalue weighted by Gasteiger charge is 2.16. The van der Waals surface area contributed by atoms with Crippen LogP contribution in [0.1, 0.15) is 16.2 Å². The van der Waals surface area contributed by atoms with Gasteiger partial charge in [0.25, 0.3) is 0 Å². The van der Waals surface area contributed by atoms with Gasteiger partial charge in [0.1, 0.15) is 5.69 Å². The largest absolute Gasteiger partial charge is 0.344 e. The van der Waals surface area contributed by atoms with Gasteiger partial charge < -0.3 is 9.84 Å². The molecule has 0 fully saturated rings. The molecule has 0 atom stereocenters. The lowest BCUT2D eigenvalue weighted by Gasteiger charge is -2.02. The molecule has 0 aliphatic carbocycles. The first kappa shape index (κ1) is 14.2. The number of nitrogens with one attached hydrogen (secondary N) is 1. The van der Waals surface area contributed by atoms with E-state index in [-0.39, 0.29) is 11.7 Å². The van der Waals surface area contributed by atoms with Gasteiger partial charge in [-0.2, -0.15) is 4.98 Å². The minimum atomic E-state index is -0.440. The summed E-state index contributed by atoms with van der Waals surface area (Å²) >= 11 is 5.80. The van der Waals surface area contributed by atoms with Gasteiger partial charge in [0.15, 0.2) is 0 Å². The molecular formula is C15H11ClN4O2. The van der Waals surface area contributed by atoms with Crippen LogP contribution in [0.2, 0.25) is 5.02 Å². The Morgan fingerprint density at radius 2 is 2.00 bits per heavy atom. The van der Waals surface area contributed by atoms with Gasteiger partial charge in [0, 0.05) is 17.8 Å². The number of hydrogen-bond acceptors (Lipinski definition) is 5. The zero-order chi connectivity index (χ0) is 15.4. The molecule has 0 saturated carbocycles. The van der Waals surface area contributed by atoms with Crippen molar-refractivity contribution in [3.8, 4) is 11.5 Å². The lowest BCUT2D eigenvalue weighted by atomic mass is 10.2. The fourth-order valence-corrected chi connectivity index (χ4v) is 1.90. The molecule has 0 unspecified atom stereocenters. The number of benzene rings is 1. The Hall–Kier alpha value is -2.73. The summed E-state index contributed by atoms with van der Waals surface area (Å²) in [5.41, 5.74) is 1.46. The molecule has 2 aromatic heterocycles. The molecular weight excluding hydrogens is 304 g/mol. The van der Waals surface area contributed by atoms with Crippen molar-refractivity contribution in [2.45, 2.75) is 6.54 Å². The highest BCUT2D eigenvalue weighted by atomic mass is 35.5. The highest BCUT2D eigenvalue weighted by Crippen LogP contribution is 2.12. The van der Waals surface area contributed by atoms with Crippen molar-refractivity contribution < 1.29 is 9.32 Å². The fraction of sp³-hybridized carbons (Fsp3) is 0.0667. The molecule has 0 aliphatic heterocycles. The van der Waals surface area contributed by atoms with Crippen molar-refractivity contribution in [3.63, 3.8) is 0 Å². The third kappa shape index (κ3) is 3.29. The Morgan fingerprint density at radius 1 is 1.18 bits per heavy atom. The molecule has 0 saturated heterocycles. The first-order valence-corrected chi connectivity index (χ1v) is 6.88. The van der Waals surface area contributed by atoms with Crippen LogP contribution >= 0.6 is 11.6 Å². The second-order valence-corrected chi connectivity index (χ2v) is 4.88. The number of hydrogen-bond donors (Lipinski definition) is 1. The van der Waals surface area contributed by atoms with Crippen molar-refractivity contribution in [2.75, 3.05) is 0 Å². The molecule has 3 rings (SSSR count). The zero-order valence-electron chi connectivity index (χ0n) is 11.4. The topological polar surface area (TPSA) is 80.9 Å². The predicted molar refractivity (Wildman–Crippen MR) is 80.2 cm³/mol. The Balaban J connectivity index is 1.66. The summed E-state index contributed by atoms with van der Waals surface area (Å²) in [6, 6.07) is 12.5. The molecule has 7 heteroatoms. The summed E-state index contributed by atoms with van der Waals surface area (Å²) in [5, 5.41) is 7.09. The molecule has 6 nitrogen and oxygen atoms in total. The highest BCUT2D eigenvalue weighted by molar-refractivity contribution is 6.30. The van der Waals surface area contributed by atoms with E-state index in [9.17, 15) is 4.79 Å². The van der Waals surface area contributed by atoms with Crippen LogP contribution in [0.25, 0.3) is 11.5 Å². The summed E-state index contributed by atoms with van der Waals surface area (Å²) < 4.78 is 4.95. The van der Waals surface area contributed by atoms with Crippen molar-refractivity contribution in [3.05, 3.63) is 65.1 Å². The molecule has 1 amide bonds. The number of rotatable bonds is 4. The van der Waals surface area contributed by atoms with Crippen LogP contribution < -0.4 is 5.32 Å².